The van der Waals surface area contributed by atoms with Gasteiger partial charge in [-0.15, -0.1) is 48.1 Å². The number of para-hydroxylation sites is 3. The molecule has 0 radical (unpaired) electrons. The third kappa shape index (κ3) is 6.25. The van der Waals surface area contributed by atoms with E-state index in [-0.39, 0.29) is 31.9 Å². The van der Waals surface area contributed by atoms with Gasteiger partial charge in [-0.2, -0.15) is 12.1 Å². The molecule has 0 fully saturated rings. The number of anilines is 4. The molecule has 61 heavy (non-hydrogen) atoms. The number of rotatable bonds is 6. The number of nitrogens with zero attached hydrogens (tertiary/aromatic N) is 6. The number of benzene rings is 6. The van der Waals surface area contributed by atoms with E-state index in [1.165, 1.54) is 27.8 Å². The maximum Gasteiger partial charge on any atom is 0.135 e. The van der Waals surface area contributed by atoms with Gasteiger partial charge in [-0.1, -0.05) is 107 Å². The largest absolute Gasteiger partial charge is 0.509 e. The van der Waals surface area contributed by atoms with Crippen LogP contribution in [0.4, 0.5) is 22.7 Å². The SMILES string of the molecule is CC(C)(C)c1ccnc(-n2c3[c-]c(Oc4[c-]c(N5[CH-]N(c6c(-c7cncnc7)ccc7c6-c6ccccc6C7(C)C)c6ccccc65)ccc4)ccc3c3ccccc32)c1.[Pt]. The molecule has 1 aliphatic heterocycles. The molecule has 3 aromatic heterocycles. The summed E-state index contributed by atoms with van der Waals surface area (Å²) < 4.78 is 8.83. The molecule has 302 valence electrons. The van der Waals surface area contributed by atoms with Gasteiger partial charge in [0.15, 0.2) is 0 Å². The summed E-state index contributed by atoms with van der Waals surface area (Å²) in [5, 5.41) is 2.22. The van der Waals surface area contributed by atoms with E-state index >= 15 is 0 Å². The minimum atomic E-state index is -0.174. The number of fused-ring (bicyclic) bond motifs is 7. The fourth-order valence-electron chi connectivity index (χ4n) is 9.11. The molecule has 9 aromatic rings. The van der Waals surface area contributed by atoms with Crippen LogP contribution in [0.15, 0.2) is 152 Å². The first-order valence-electron chi connectivity index (χ1n) is 20.3. The van der Waals surface area contributed by atoms with Gasteiger partial charge in [0.05, 0.1) is 0 Å². The first kappa shape index (κ1) is 38.6. The Morgan fingerprint density at radius 1 is 0.672 bits per heavy atom. The van der Waals surface area contributed by atoms with Gasteiger partial charge in [0.1, 0.15) is 12.1 Å². The predicted molar refractivity (Wildman–Crippen MR) is 242 cm³/mol. The molecular weight excluding hydrogens is 932 g/mol. The first-order chi connectivity index (χ1) is 29.1. The standard InChI is InChI=1S/C53H41N6O.Pt/c1-52(2,3)35-25-26-56-49(27-35)59-45-18-9-7-15-40(45)41-22-21-38(29-48(41)59)60-37-14-12-13-36(28-37)57-33-58(47-20-11-10-19-46(47)57)51-39(34-30-54-32-55-31-34)23-24-44-50(51)42-16-6-8-17-43(42)53(44,4)5;/h6-27,30-33H,1-5H3;/q-3;. The molecule has 4 heterocycles. The summed E-state index contributed by atoms with van der Waals surface area (Å²) in [6.45, 7) is 13.5. The number of hydrogen-bond donors (Lipinski definition) is 0. The quantitative estimate of drug-likeness (QED) is 0.155. The van der Waals surface area contributed by atoms with E-state index < -0.39 is 0 Å². The Hall–Kier alpha value is -6.56. The summed E-state index contributed by atoms with van der Waals surface area (Å²) >= 11 is 0. The van der Waals surface area contributed by atoms with Crippen molar-refractivity contribution in [3.8, 4) is 39.6 Å². The molecule has 0 amide bonds. The van der Waals surface area contributed by atoms with Crippen LogP contribution in [0, 0.1) is 18.8 Å². The van der Waals surface area contributed by atoms with Crippen LogP contribution >= 0.6 is 0 Å². The summed E-state index contributed by atoms with van der Waals surface area (Å²) in [4.78, 5) is 18.2. The summed E-state index contributed by atoms with van der Waals surface area (Å²) in [5.41, 5.74) is 14.1. The molecule has 1 aliphatic carbocycles. The summed E-state index contributed by atoms with van der Waals surface area (Å²) in [6.07, 6.45) is 7.27. The smallest absolute Gasteiger partial charge is 0.135 e. The second kappa shape index (κ2) is 14.6. The molecule has 0 bridgehead atoms. The zero-order valence-corrected chi connectivity index (χ0v) is 36.7. The number of pyridine rings is 1. The average Bonchev–Trinajstić information content (AvgIpc) is 3.89. The molecule has 0 atom stereocenters. The van der Waals surface area contributed by atoms with Crippen LogP contribution in [0.1, 0.15) is 51.3 Å². The van der Waals surface area contributed by atoms with Gasteiger partial charge in [-0.25, -0.2) is 15.0 Å². The van der Waals surface area contributed by atoms with E-state index in [1.807, 2.05) is 36.8 Å². The Kier molecular flexibility index (Phi) is 9.22. The minimum absolute atomic E-state index is 0. The summed E-state index contributed by atoms with van der Waals surface area (Å²) in [5.74, 6) is 2.03. The number of hydrogen-bond acceptors (Lipinski definition) is 6. The van der Waals surface area contributed by atoms with E-state index in [4.69, 9.17) is 9.72 Å². The van der Waals surface area contributed by atoms with Crippen molar-refractivity contribution in [1.82, 2.24) is 19.5 Å². The van der Waals surface area contributed by atoms with E-state index in [1.54, 1.807) is 6.33 Å². The molecule has 11 rings (SSSR count). The fraction of sp³-hybridized carbons (Fsp3) is 0.132. The van der Waals surface area contributed by atoms with Gasteiger partial charge in [-0.05, 0) is 63.4 Å². The maximum atomic E-state index is 6.64. The van der Waals surface area contributed by atoms with Crippen molar-refractivity contribution in [2.24, 2.45) is 0 Å². The molecular formula is C53H41N6OPt-3. The van der Waals surface area contributed by atoms with Gasteiger partial charge in [0.2, 0.25) is 0 Å². The zero-order chi connectivity index (χ0) is 40.8. The van der Waals surface area contributed by atoms with Crippen LogP contribution in [-0.4, -0.2) is 19.5 Å². The molecule has 7 nitrogen and oxygen atoms in total. The third-order valence-electron chi connectivity index (χ3n) is 12.1. The van der Waals surface area contributed by atoms with E-state index in [2.05, 4.69) is 187 Å². The Balaban J connectivity index is 0.00000445. The topological polar surface area (TPSA) is 59.3 Å². The van der Waals surface area contributed by atoms with Crippen molar-refractivity contribution in [2.45, 2.75) is 45.4 Å². The molecule has 6 aromatic carbocycles. The van der Waals surface area contributed by atoms with Crippen LogP contribution < -0.4 is 14.5 Å². The van der Waals surface area contributed by atoms with Crippen molar-refractivity contribution in [1.29, 1.82) is 0 Å². The average molecular weight is 973 g/mol. The first-order valence-corrected chi connectivity index (χ1v) is 20.3. The van der Waals surface area contributed by atoms with Gasteiger partial charge >= 0.3 is 0 Å². The number of aromatic nitrogens is 4. The minimum Gasteiger partial charge on any atom is -0.509 e. The van der Waals surface area contributed by atoms with Crippen LogP contribution in [0.25, 0.3) is 49.9 Å². The van der Waals surface area contributed by atoms with Crippen LogP contribution in [0.2, 0.25) is 0 Å². The molecule has 0 spiro atoms. The Morgan fingerprint density at radius 3 is 2.23 bits per heavy atom. The maximum absolute atomic E-state index is 6.64. The molecule has 0 N–H and O–H groups in total. The molecule has 8 heteroatoms. The van der Waals surface area contributed by atoms with Crippen LogP contribution in [0.5, 0.6) is 11.5 Å². The summed E-state index contributed by atoms with van der Waals surface area (Å²) in [7, 11) is 0. The second-order valence-corrected chi connectivity index (χ2v) is 17.1. The monoisotopic (exact) mass is 972 g/mol. The molecule has 0 unspecified atom stereocenters. The van der Waals surface area contributed by atoms with E-state index in [0.29, 0.717) is 11.5 Å². The Morgan fingerprint density at radius 2 is 1.41 bits per heavy atom. The van der Waals surface area contributed by atoms with E-state index in [0.717, 1.165) is 61.5 Å². The van der Waals surface area contributed by atoms with Crippen molar-refractivity contribution in [2.75, 3.05) is 9.80 Å². The van der Waals surface area contributed by atoms with Gasteiger partial charge < -0.3 is 19.1 Å². The van der Waals surface area contributed by atoms with Crippen molar-refractivity contribution >= 4 is 44.6 Å². The normalized spacial score (nSPS) is 13.9. The zero-order valence-electron chi connectivity index (χ0n) is 34.4. The predicted octanol–water partition coefficient (Wildman–Crippen LogP) is 13.0. The van der Waals surface area contributed by atoms with Crippen LogP contribution in [0.3, 0.4) is 0 Å². The summed E-state index contributed by atoms with van der Waals surface area (Å²) in [6, 6.07) is 51.9. The van der Waals surface area contributed by atoms with Crippen LogP contribution in [-0.2, 0) is 31.9 Å². The van der Waals surface area contributed by atoms with Crippen molar-refractivity contribution < 1.29 is 25.8 Å². The van der Waals surface area contributed by atoms with Gasteiger partial charge in [0, 0.05) is 95.8 Å². The molecule has 0 saturated heterocycles. The fourth-order valence-corrected chi connectivity index (χ4v) is 9.11. The van der Waals surface area contributed by atoms with Crippen molar-refractivity contribution in [3.05, 3.63) is 188 Å². The Labute approximate surface area is 370 Å². The third-order valence-corrected chi connectivity index (χ3v) is 12.1. The van der Waals surface area contributed by atoms with Gasteiger partial charge in [0.25, 0.3) is 0 Å². The van der Waals surface area contributed by atoms with E-state index in [9.17, 15) is 0 Å². The van der Waals surface area contributed by atoms with Gasteiger partial charge in [-0.3, -0.25) is 0 Å². The van der Waals surface area contributed by atoms with Crippen molar-refractivity contribution in [3.63, 3.8) is 0 Å². The molecule has 0 saturated carbocycles. The Bertz CT molecular complexity index is 3150. The number of ether oxygens (including phenoxy) is 1. The second-order valence-electron chi connectivity index (χ2n) is 17.1. The molecule has 2 aliphatic rings.